The fraction of sp³-hybridized carbons (Fsp3) is 0.882. The Morgan fingerprint density at radius 3 is 2.48 bits per heavy atom. The van der Waals surface area contributed by atoms with Gasteiger partial charge in [-0.05, 0) is 76.9 Å². The van der Waals surface area contributed by atoms with Crippen molar-refractivity contribution in [1.82, 2.24) is 16.0 Å². The zero-order valence-electron chi connectivity index (χ0n) is 14.8. The van der Waals surface area contributed by atoms with Gasteiger partial charge in [0, 0.05) is 19.1 Å². The first kappa shape index (κ1) is 18.3. The molecule has 2 bridgehead atoms. The van der Waals surface area contributed by atoms with Gasteiger partial charge in [0.15, 0.2) is 5.11 Å². The predicted molar refractivity (Wildman–Crippen MR) is 96.4 cm³/mol. The van der Waals surface area contributed by atoms with Crippen LogP contribution in [-0.2, 0) is 4.74 Å². The summed E-state index contributed by atoms with van der Waals surface area (Å²) >= 11 is 5.35. The highest BCUT2D eigenvalue weighted by molar-refractivity contribution is 7.80. The van der Waals surface area contributed by atoms with Gasteiger partial charge >= 0.3 is 6.09 Å². The van der Waals surface area contributed by atoms with Gasteiger partial charge < -0.3 is 20.7 Å². The average Bonchev–Trinajstić information content (AvgIpc) is 3.04. The van der Waals surface area contributed by atoms with E-state index in [-0.39, 0.29) is 0 Å². The van der Waals surface area contributed by atoms with Crippen molar-refractivity contribution in [3.8, 4) is 0 Å². The Morgan fingerprint density at radius 1 is 1.22 bits per heavy atom. The van der Waals surface area contributed by atoms with E-state index in [1.54, 1.807) is 0 Å². The lowest BCUT2D eigenvalue weighted by molar-refractivity contribution is 0.0529. The summed E-state index contributed by atoms with van der Waals surface area (Å²) in [5.74, 6) is 2.60. The Hall–Kier alpha value is -1.04. The second-order valence-electron chi connectivity index (χ2n) is 7.96. The molecule has 4 unspecified atom stereocenters. The number of ether oxygens (including phenoxy) is 1. The summed E-state index contributed by atoms with van der Waals surface area (Å²) in [5.41, 5.74) is -0.468. The van der Waals surface area contributed by atoms with Crippen LogP contribution in [0.5, 0.6) is 0 Å². The van der Waals surface area contributed by atoms with Crippen molar-refractivity contribution in [2.75, 3.05) is 13.1 Å². The van der Waals surface area contributed by atoms with Gasteiger partial charge in [-0.2, -0.15) is 0 Å². The molecule has 6 heteroatoms. The molecule has 0 saturated heterocycles. The number of alkyl carbamates (subject to hydrolysis) is 1. The zero-order valence-corrected chi connectivity index (χ0v) is 15.6. The molecule has 2 saturated carbocycles. The molecule has 23 heavy (non-hydrogen) atoms. The molecule has 5 nitrogen and oxygen atoms in total. The maximum Gasteiger partial charge on any atom is 0.407 e. The summed E-state index contributed by atoms with van der Waals surface area (Å²) in [4.78, 5) is 11.5. The van der Waals surface area contributed by atoms with E-state index in [1.165, 1.54) is 25.7 Å². The molecule has 2 rings (SSSR count). The van der Waals surface area contributed by atoms with Gasteiger partial charge in [-0.1, -0.05) is 6.42 Å². The largest absolute Gasteiger partial charge is 0.444 e. The van der Waals surface area contributed by atoms with Crippen LogP contribution >= 0.6 is 12.2 Å². The van der Waals surface area contributed by atoms with Crippen molar-refractivity contribution < 1.29 is 9.53 Å². The number of fused-ring (bicyclic) bond motifs is 2. The van der Waals surface area contributed by atoms with E-state index in [1.807, 2.05) is 20.8 Å². The van der Waals surface area contributed by atoms with Crippen LogP contribution in [0.3, 0.4) is 0 Å². The lowest BCUT2D eigenvalue weighted by Crippen LogP contribution is -2.47. The van der Waals surface area contributed by atoms with Crippen molar-refractivity contribution >= 4 is 23.4 Å². The fourth-order valence-corrected chi connectivity index (χ4v) is 4.21. The van der Waals surface area contributed by atoms with Crippen LogP contribution in [0, 0.1) is 17.8 Å². The molecule has 0 aromatic heterocycles. The molecule has 0 heterocycles. The monoisotopic (exact) mass is 341 g/mol. The molecular formula is C17H31N3O2S. The molecule has 0 aliphatic heterocycles. The molecule has 132 valence electrons. The van der Waals surface area contributed by atoms with Gasteiger partial charge in [0.2, 0.25) is 0 Å². The minimum atomic E-state index is -0.468. The Labute approximate surface area is 145 Å². The zero-order chi connectivity index (χ0) is 17.0. The Balaban J connectivity index is 1.57. The third-order valence-electron chi connectivity index (χ3n) is 4.87. The number of nitrogens with one attached hydrogen (secondary N) is 3. The molecule has 0 spiro atoms. The van der Waals surface area contributed by atoms with Crippen LogP contribution in [0.1, 0.15) is 53.4 Å². The summed E-state index contributed by atoms with van der Waals surface area (Å²) in [6.45, 7) is 8.86. The lowest BCUT2D eigenvalue weighted by atomic mass is 9.84. The highest BCUT2D eigenvalue weighted by Gasteiger charge is 2.41. The van der Waals surface area contributed by atoms with Gasteiger partial charge in [0.05, 0.1) is 0 Å². The summed E-state index contributed by atoms with van der Waals surface area (Å²) in [6.07, 6.45) is 5.18. The number of hydrogen-bond acceptors (Lipinski definition) is 3. The van der Waals surface area contributed by atoms with Crippen molar-refractivity contribution in [1.29, 1.82) is 0 Å². The summed E-state index contributed by atoms with van der Waals surface area (Å²) in [5, 5.41) is 9.95. The lowest BCUT2D eigenvalue weighted by Gasteiger charge is -2.29. The SMILES string of the molecule is CC(NC(=S)NCCNC(=O)OC(C)(C)C)C1CC2CCC1C2. The van der Waals surface area contributed by atoms with Crippen LogP contribution < -0.4 is 16.0 Å². The van der Waals surface area contributed by atoms with Crippen LogP contribution in [-0.4, -0.2) is 35.9 Å². The molecule has 2 fully saturated rings. The average molecular weight is 342 g/mol. The van der Waals surface area contributed by atoms with Crippen molar-refractivity contribution in [2.45, 2.75) is 65.0 Å². The number of rotatable bonds is 5. The van der Waals surface area contributed by atoms with E-state index in [0.29, 0.717) is 24.2 Å². The number of thiocarbonyl (C=S) groups is 1. The van der Waals surface area contributed by atoms with Crippen molar-refractivity contribution in [3.05, 3.63) is 0 Å². The Morgan fingerprint density at radius 2 is 1.91 bits per heavy atom. The highest BCUT2D eigenvalue weighted by Crippen LogP contribution is 2.49. The van der Waals surface area contributed by atoms with Gasteiger partial charge in [0.25, 0.3) is 0 Å². The molecule has 1 amide bonds. The third kappa shape index (κ3) is 5.83. The minimum Gasteiger partial charge on any atom is -0.444 e. The van der Waals surface area contributed by atoms with Gasteiger partial charge in [0.1, 0.15) is 5.60 Å². The number of carbonyl (C=O) groups is 1. The normalized spacial score (nSPS) is 27.4. The molecule has 3 N–H and O–H groups in total. The molecule has 4 atom stereocenters. The van der Waals surface area contributed by atoms with E-state index in [2.05, 4.69) is 22.9 Å². The van der Waals surface area contributed by atoms with Gasteiger partial charge in [-0.3, -0.25) is 0 Å². The summed E-state index contributed by atoms with van der Waals surface area (Å²) < 4.78 is 5.18. The second kappa shape index (κ2) is 7.69. The van der Waals surface area contributed by atoms with E-state index >= 15 is 0 Å². The van der Waals surface area contributed by atoms with Crippen molar-refractivity contribution in [3.63, 3.8) is 0 Å². The molecular weight excluding hydrogens is 310 g/mol. The van der Waals surface area contributed by atoms with Crippen molar-refractivity contribution in [2.24, 2.45) is 17.8 Å². The molecule has 0 radical (unpaired) electrons. The third-order valence-corrected chi connectivity index (χ3v) is 5.13. The number of hydrogen-bond donors (Lipinski definition) is 3. The summed E-state index contributed by atoms with van der Waals surface area (Å²) in [6, 6.07) is 0.420. The smallest absolute Gasteiger partial charge is 0.407 e. The van der Waals surface area contributed by atoms with E-state index in [4.69, 9.17) is 17.0 Å². The quantitative estimate of drug-likeness (QED) is 0.530. The first-order chi connectivity index (χ1) is 10.7. The summed E-state index contributed by atoms with van der Waals surface area (Å²) in [7, 11) is 0. The molecule has 0 aromatic rings. The van der Waals surface area contributed by atoms with Crippen LogP contribution in [0.15, 0.2) is 0 Å². The predicted octanol–water partition coefficient (Wildman–Crippen LogP) is 2.80. The highest BCUT2D eigenvalue weighted by atomic mass is 32.1. The van der Waals surface area contributed by atoms with Crippen LogP contribution in [0.25, 0.3) is 0 Å². The van der Waals surface area contributed by atoms with Crippen LogP contribution in [0.4, 0.5) is 4.79 Å². The molecule has 2 aliphatic carbocycles. The number of amides is 1. The Kier molecular flexibility index (Phi) is 6.12. The van der Waals surface area contributed by atoms with E-state index in [0.717, 1.165) is 17.8 Å². The fourth-order valence-electron chi connectivity index (χ4n) is 3.93. The standard InChI is InChI=1S/C17H31N3O2S/c1-11(14-10-12-5-6-13(14)9-12)20-15(23)18-7-8-19-16(21)22-17(2,3)4/h11-14H,5-10H2,1-4H3,(H,19,21)(H2,18,20,23). The maximum absolute atomic E-state index is 11.5. The van der Waals surface area contributed by atoms with Gasteiger partial charge in [-0.15, -0.1) is 0 Å². The second-order valence-corrected chi connectivity index (χ2v) is 8.36. The van der Waals surface area contributed by atoms with Crippen LogP contribution in [0.2, 0.25) is 0 Å². The van der Waals surface area contributed by atoms with Gasteiger partial charge in [-0.25, -0.2) is 4.79 Å². The van der Waals surface area contributed by atoms with E-state index < -0.39 is 11.7 Å². The topological polar surface area (TPSA) is 62.4 Å². The molecule has 2 aliphatic rings. The molecule has 0 aromatic carbocycles. The van der Waals surface area contributed by atoms with E-state index in [9.17, 15) is 4.79 Å². The first-order valence-corrected chi connectivity index (χ1v) is 9.16. The number of carbonyl (C=O) groups excluding carboxylic acids is 1. The maximum atomic E-state index is 11.5. The minimum absolute atomic E-state index is 0.395. The first-order valence-electron chi connectivity index (χ1n) is 8.76. The Bertz CT molecular complexity index is 436.